The lowest BCUT2D eigenvalue weighted by Gasteiger charge is -2.26. The molecule has 3 rings (SSSR count). The summed E-state index contributed by atoms with van der Waals surface area (Å²) in [4.78, 5) is 7.36. The second kappa shape index (κ2) is 6.26. The van der Waals surface area contributed by atoms with Gasteiger partial charge in [0.2, 0.25) is 0 Å². The van der Waals surface area contributed by atoms with Gasteiger partial charge >= 0.3 is 0 Å². The van der Waals surface area contributed by atoms with Crippen molar-refractivity contribution in [3.8, 4) is 11.3 Å². The van der Waals surface area contributed by atoms with E-state index in [1.54, 1.807) is 0 Å². The minimum Gasteiger partial charge on any atom is -0.461 e. The summed E-state index contributed by atoms with van der Waals surface area (Å²) in [5, 5.41) is 0. The Hall–Kier alpha value is -1.59. The van der Waals surface area contributed by atoms with E-state index < -0.39 is 0 Å². The third-order valence-electron chi connectivity index (χ3n) is 3.62. The average Bonchev–Trinajstić information content (AvgIpc) is 3.06. The molecule has 0 saturated carbocycles. The molecular formula is C17H18N2OS2. The second-order valence-corrected chi connectivity index (χ2v) is 6.39. The molecule has 5 heteroatoms. The van der Waals surface area contributed by atoms with Crippen molar-refractivity contribution >= 4 is 35.5 Å². The molecule has 1 aliphatic heterocycles. The molecule has 0 saturated heterocycles. The van der Waals surface area contributed by atoms with E-state index in [0.29, 0.717) is 6.42 Å². The summed E-state index contributed by atoms with van der Waals surface area (Å²) in [5.74, 6) is 1.73. The van der Waals surface area contributed by atoms with Gasteiger partial charge in [-0.15, -0.1) is 12.6 Å². The molecule has 0 radical (unpaired) electrons. The number of rotatable bonds is 4. The lowest BCUT2D eigenvalue weighted by Crippen LogP contribution is -2.38. The quantitative estimate of drug-likeness (QED) is 0.673. The van der Waals surface area contributed by atoms with Gasteiger partial charge in [0.05, 0.1) is 12.1 Å². The summed E-state index contributed by atoms with van der Waals surface area (Å²) >= 11 is 10.0. The number of thiocarbonyl (C=S) groups is 1. The smallest absolute Gasteiger partial charge is 0.167 e. The van der Waals surface area contributed by atoms with Crippen molar-refractivity contribution in [2.75, 3.05) is 0 Å². The first-order chi connectivity index (χ1) is 10.6. The Balaban J connectivity index is 1.77. The molecule has 0 spiro atoms. The van der Waals surface area contributed by atoms with Gasteiger partial charge in [-0.3, -0.25) is 4.99 Å². The predicted molar refractivity (Wildman–Crippen MR) is 97.6 cm³/mol. The number of hydrogen-bond donors (Lipinski definition) is 1. The van der Waals surface area contributed by atoms with Crippen LogP contribution in [-0.4, -0.2) is 27.1 Å². The van der Waals surface area contributed by atoms with Gasteiger partial charge in [0, 0.05) is 11.6 Å². The molecule has 0 aliphatic carbocycles. The fraction of sp³-hybridized carbons (Fsp3) is 0.294. The molecule has 1 atom stereocenters. The van der Waals surface area contributed by atoms with Crippen molar-refractivity contribution < 1.29 is 4.42 Å². The van der Waals surface area contributed by atoms with Gasteiger partial charge < -0.3 is 9.32 Å². The second-order valence-electron chi connectivity index (χ2n) is 5.54. The monoisotopic (exact) mass is 330 g/mol. The van der Waals surface area contributed by atoms with Crippen LogP contribution >= 0.6 is 24.8 Å². The zero-order chi connectivity index (χ0) is 15.7. The van der Waals surface area contributed by atoms with Crippen LogP contribution in [0.25, 0.3) is 11.3 Å². The highest BCUT2D eigenvalue weighted by atomic mass is 32.1. The van der Waals surface area contributed by atoms with Gasteiger partial charge in [-0.25, -0.2) is 0 Å². The fourth-order valence-electron chi connectivity index (χ4n) is 2.53. The van der Waals surface area contributed by atoms with E-state index >= 15 is 0 Å². The Labute approximate surface area is 141 Å². The van der Waals surface area contributed by atoms with Crippen molar-refractivity contribution in [3.63, 3.8) is 0 Å². The largest absolute Gasteiger partial charge is 0.461 e. The van der Waals surface area contributed by atoms with Gasteiger partial charge in [0.15, 0.2) is 5.50 Å². The van der Waals surface area contributed by atoms with Crippen molar-refractivity contribution in [1.82, 2.24) is 4.90 Å². The molecule has 0 amide bonds. The maximum atomic E-state index is 5.93. The van der Waals surface area contributed by atoms with Crippen molar-refractivity contribution in [2.45, 2.75) is 31.8 Å². The number of hydrogen-bond acceptors (Lipinski definition) is 4. The number of thiol groups is 1. The van der Waals surface area contributed by atoms with Crippen LogP contribution in [0.3, 0.4) is 0 Å². The average molecular weight is 330 g/mol. The Kier molecular flexibility index (Phi) is 4.36. The SMILES string of the molecule is CC(C)N1C(=S)C(Cc2ccc(-c3ccccc3)o2)=NC1S. The van der Waals surface area contributed by atoms with E-state index in [9.17, 15) is 0 Å². The number of nitrogens with zero attached hydrogens (tertiary/aromatic N) is 2. The molecule has 2 heterocycles. The van der Waals surface area contributed by atoms with E-state index in [0.717, 1.165) is 27.8 Å². The van der Waals surface area contributed by atoms with Gasteiger partial charge in [0.1, 0.15) is 16.5 Å². The Morgan fingerprint density at radius 3 is 2.59 bits per heavy atom. The molecule has 1 unspecified atom stereocenters. The maximum Gasteiger partial charge on any atom is 0.167 e. The molecule has 1 aliphatic rings. The van der Waals surface area contributed by atoms with Crippen LogP contribution < -0.4 is 0 Å². The molecule has 0 N–H and O–H groups in total. The summed E-state index contributed by atoms with van der Waals surface area (Å²) in [5.41, 5.74) is 1.75. The minimum absolute atomic E-state index is 0.189. The summed E-state index contributed by atoms with van der Waals surface area (Å²) in [6, 6.07) is 14.3. The Morgan fingerprint density at radius 2 is 1.95 bits per heavy atom. The maximum absolute atomic E-state index is 5.93. The van der Waals surface area contributed by atoms with Crippen molar-refractivity contribution in [3.05, 3.63) is 48.2 Å². The minimum atomic E-state index is -0.189. The van der Waals surface area contributed by atoms with Crippen LogP contribution in [0, 0.1) is 0 Å². The van der Waals surface area contributed by atoms with Crippen LogP contribution in [0.15, 0.2) is 51.9 Å². The molecule has 2 aromatic rings. The van der Waals surface area contributed by atoms with Crippen LogP contribution in [0.1, 0.15) is 19.6 Å². The predicted octanol–water partition coefficient (Wildman–Crippen LogP) is 4.19. The van der Waals surface area contributed by atoms with E-state index in [1.165, 1.54) is 0 Å². The molecule has 0 fully saturated rings. The molecule has 0 bridgehead atoms. The van der Waals surface area contributed by atoms with E-state index in [-0.39, 0.29) is 11.5 Å². The van der Waals surface area contributed by atoms with Gasteiger partial charge in [-0.05, 0) is 26.0 Å². The summed E-state index contributed by atoms with van der Waals surface area (Å²) in [6.07, 6.45) is 0.603. The topological polar surface area (TPSA) is 28.7 Å². The normalized spacial score (nSPS) is 18.2. The zero-order valence-corrected chi connectivity index (χ0v) is 14.3. The molecular weight excluding hydrogens is 312 g/mol. The van der Waals surface area contributed by atoms with E-state index in [1.807, 2.05) is 47.4 Å². The highest BCUT2D eigenvalue weighted by Gasteiger charge is 2.30. The standard InChI is InChI=1S/C17H18N2OS2/c1-11(2)19-16(21)14(18-17(19)22)10-13-8-9-15(20-13)12-6-4-3-5-7-12/h3-9,11,17,22H,10H2,1-2H3. The third-order valence-corrected chi connectivity index (χ3v) is 4.43. The number of benzene rings is 1. The Morgan fingerprint density at radius 1 is 1.23 bits per heavy atom. The molecule has 1 aromatic carbocycles. The molecule has 22 heavy (non-hydrogen) atoms. The highest BCUT2D eigenvalue weighted by Crippen LogP contribution is 2.25. The fourth-order valence-corrected chi connectivity index (χ4v) is 3.56. The molecule has 1 aromatic heterocycles. The highest BCUT2D eigenvalue weighted by molar-refractivity contribution is 7.83. The lowest BCUT2D eigenvalue weighted by atomic mass is 10.2. The van der Waals surface area contributed by atoms with Crippen LogP contribution in [0.5, 0.6) is 0 Å². The summed E-state index contributed by atoms with van der Waals surface area (Å²) in [6.45, 7) is 4.18. The number of furan rings is 1. The van der Waals surface area contributed by atoms with Gasteiger partial charge in [-0.1, -0.05) is 42.5 Å². The summed E-state index contributed by atoms with van der Waals surface area (Å²) < 4.78 is 5.93. The van der Waals surface area contributed by atoms with Crippen LogP contribution in [0.4, 0.5) is 0 Å². The van der Waals surface area contributed by atoms with Crippen LogP contribution in [-0.2, 0) is 6.42 Å². The van der Waals surface area contributed by atoms with Crippen molar-refractivity contribution in [2.24, 2.45) is 4.99 Å². The zero-order valence-electron chi connectivity index (χ0n) is 12.6. The van der Waals surface area contributed by atoms with Crippen LogP contribution in [0.2, 0.25) is 0 Å². The first-order valence-electron chi connectivity index (χ1n) is 7.28. The molecule has 114 valence electrons. The first-order valence-corrected chi connectivity index (χ1v) is 8.20. The van der Waals surface area contributed by atoms with E-state index in [4.69, 9.17) is 16.6 Å². The van der Waals surface area contributed by atoms with Gasteiger partial charge in [-0.2, -0.15) is 0 Å². The Bertz CT molecular complexity index is 706. The lowest BCUT2D eigenvalue weighted by molar-refractivity contribution is 0.358. The summed E-state index contributed by atoms with van der Waals surface area (Å²) in [7, 11) is 0. The first kappa shape index (κ1) is 15.3. The van der Waals surface area contributed by atoms with Gasteiger partial charge in [0.25, 0.3) is 0 Å². The van der Waals surface area contributed by atoms with Crippen molar-refractivity contribution in [1.29, 1.82) is 0 Å². The molecule has 3 nitrogen and oxygen atoms in total. The number of aliphatic imine (C=N–C) groups is 1. The van der Waals surface area contributed by atoms with E-state index in [2.05, 4.69) is 31.5 Å². The third kappa shape index (κ3) is 2.96.